The molecular formula is C15H25N3O4S. The SMILES string of the molecule is CCOc1ccc(NC(=O)CCN)cc1S(=O)(=O)N(CC)CC. The van der Waals surface area contributed by atoms with Gasteiger partial charge in [-0.2, -0.15) is 4.31 Å². The largest absolute Gasteiger partial charge is 0.492 e. The fourth-order valence-electron chi connectivity index (χ4n) is 2.12. The highest BCUT2D eigenvalue weighted by atomic mass is 32.2. The van der Waals surface area contributed by atoms with E-state index in [2.05, 4.69) is 5.32 Å². The van der Waals surface area contributed by atoms with E-state index in [-0.39, 0.29) is 29.5 Å². The Balaban J connectivity index is 3.28. The second-order valence-electron chi connectivity index (χ2n) is 4.77. The second-order valence-corrected chi connectivity index (χ2v) is 6.68. The molecular weight excluding hydrogens is 318 g/mol. The van der Waals surface area contributed by atoms with Gasteiger partial charge >= 0.3 is 0 Å². The Bertz CT molecular complexity index is 628. The van der Waals surface area contributed by atoms with E-state index in [1.807, 2.05) is 0 Å². The van der Waals surface area contributed by atoms with E-state index >= 15 is 0 Å². The molecule has 1 aromatic carbocycles. The number of sulfonamides is 1. The van der Waals surface area contributed by atoms with Crippen molar-refractivity contribution in [3.8, 4) is 5.75 Å². The van der Waals surface area contributed by atoms with Crippen molar-refractivity contribution in [3.05, 3.63) is 18.2 Å². The van der Waals surface area contributed by atoms with Gasteiger partial charge in [-0.25, -0.2) is 8.42 Å². The number of carbonyl (C=O) groups is 1. The van der Waals surface area contributed by atoms with E-state index in [0.717, 1.165) is 0 Å². The molecule has 0 bridgehead atoms. The first-order chi connectivity index (χ1) is 10.9. The summed E-state index contributed by atoms with van der Waals surface area (Å²) < 4.78 is 32.3. The highest BCUT2D eigenvalue weighted by Crippen LogP contribution is 2.30. The lowest BCUT2D eigenvalue weighted by atomic mass is 10.3. The molecule has 8 heteroatoms. The number of amides is 1. The molecule has 23 heavy (non-hydrogen) atoms. The van der Waals surface area contributed by atoms with Gasteiger partial charge in [0, 0.05) is 31.7 Å². The lowest BCUT2D eigenvalue weighted by Crippen LogP contribution is -2.31. The smallest absolute Gasteiger partial charge is 0.246 e. The van der Waals surface area contributed by atoms with E-state index < -0.39 is 10.0 Å². The van der Waals surface area contributed by atoms with Crippen molar-refractivity contribution < 1.29 is 17.9 Å². The number of rotatable bonds is 9. The maximum Gasteiger partial charge on any atom is 0.246 e. The number of nitrogens with one attached hydrogen (secondary N) is 1. The van der Waals surface area contributed by atoms with Crippen molar-refractivity contribution in [3.63, 3.8) is 0 Å². The van der Waals surface area contributed by atoms with Crippen molar-refractivity contribution in [2.45, 2.75) is 32.1 Å². The number of ether oxygens (including phenoxy) is 1. The summed E-state index contributed by atoms with van der Waals surface area (Å²) in [6.45, 7) is 6.61. The molecule has 0 aromatic heterocycles. The van der Waals surface area contributed by atoms with Gasteiger partial charge in [-0.05, 0) is 25.1 Å². The average Bonchev–Trinajstić information content (AvgIpc) is 2.50. The lowest BCUT2D eigenvalue weighted by molar-refractivity contribution is -0.116. The first-order valence-corrected chi connectivity index (χ1v) is 9.11. The molecule has 0 heterocycles. The summed E-state index contributed by atoms with van der Waals surface area (Å²) in [7, 11) is -3.69. The zero-order chi connectivity index (χ0) is 17.5. The first-order valence-electron chi connectivity index (χ1n) is 7.67. The minimum atomic E-state index is -3.69. The third kappa shape index (κ3) is 4.92. The molecule has 0 saturated carbocycles. The van der Waals surface area contributed by atoms with Crippen LogP contribution in [0, 0.1) is 0 Å². The molecule has 7 nitrogen and oxygen atoms in total. The van der Waals surface area contributed by atoms with Crippen LogP contribution in [0.1, 0.15) is 27.2 Å². The van der Waals surface area contributed by atoms with Gasteiger partial charge in [0.2, 0.25) is 15.9 Å². The van der Waals surface area contributed by atoms with Crippen molar-refractivity contribution in [1.29, 1.82) is 0 Å². The molecule has 0 fully saturated rings. The first kappa shape index (κ1) is 19.4. The van der Waals surface area contributed by atoms with Crippen molar-refractivity contribution in [2.75, 3.05) is 31.6 Å². The summed E-state index contributed by atoms with van der Waals surface area (Å²) in [6.07, 6.45) is 0.172. The summed E-state index contributed by atoms with van der Waals surface area (Å²) in [5.41, 5.74) is 5.74. The van der Waals surface area contributed by atoms with Crippen LogP contribution in [0.5, 0.6) is 5.75 Å². The molecule has 0 aliphatic carbocycles. The van der Waals surface area contributed by atoms with E-state index in [1.165, 1.54) is 10.4 Å². The van der Waals surface area contributed by atoms with Gasteiger partial charge in [0.05, 0.1) is 6.61 Å². The lowest BCUT2D eigenvalue weighted by Gasteiger charge is -2.21. The minimum absolute atomic E-state index is 0.0496. The molecule has 0 aliphatic rings. The van der Waals surface area contributed by atoms with Crippen LogP contribution < -0.4 is 15.8 Å². The third-order valence-corrected chi connectivity index (χ3v) is 5.29. The Kier molecular flexibility index (Phi) is 7.47. The van der Waals surface area contributed by atoms with Crippen molar-refractivity contribution in [1.82, 2.24) is 4.31 Å². The Morgan fingerprint density at radius 1 is 1.26 bits per heavy atom. The molecule has 0 unspecified atom stereocenters. The number of nitrogens with two attached hydrogens (primary N) is 1. The van der Waals surface area contributed by atoms with Crippen LogP contribution in [0.4, 0.5) is 5.69 Å². The monoisotopic (exact) mass is 343 g/mol. The van der Waals surface area contributed by atoms with Gasteiger partial charge in [0.15, 0.2) is 0 Å². The third-order valence-electron chi connectivity index (χ3n) is 3.22. The van der Waals surface area contributed by atoms with Crippen LogP contribution in [0.25, 0.3) is 0 Å². The van der Waals surface area contributed by atoms with Crippen LogP contribution in [-0.2, 0) is 14.8 Å². The van der Waals surface area contributed by atoms with Gasteiger partial charge in [-0.3, -0.25) is 4.79 Å². The number of hydrogen-bond donors (Lipinski definition) is 2. The van der Waals surface area contributed by atoms with Gasteiger partial charge in [0.25, 0.3) is 0 Å². The predicted molar refractivity (Wildman–Crippen MR) is 90.0 cm³/mol. The van der Waals surface area contributed by atoms with E-state index in [1.54, 1.807) is 32.9 Å². The topological polar surface area (TPSA) is 102 Å². The van der Waals surface area contributed by atoms with Gasteiger partial charge in [-0.15, -0.1) is 0 Å². The number of carbonyl (C=O) groups excluding carboxylic acids is 1. The van der Waals surface area contributed by atoms with Crippen LogP contribution >= 0.6 is 0 Å². The molecule has 1 aromatic rings. The maximum absolute atomic E-state index is 12.8. The van der Waals surface area contributed by atoms with Gasteiger partial charge < -0.3 is 15.8 Å². The Labute approximate surface area is 137 Å². The average molecular weight is 343 g/mol. The Hall–Kier alpha value is -1.64. The Morgan fingerprint density at radius 2 is 1.91 bits per heavy atom. The number of anilines is 1. The van der Waals surface area contributed by atoms with Crippen LogP contribution in [0.2, 0.25) is 0 Å². The zero-order valence-electron chi connectivity index (χ0n) is 13.8. The maximum atomic E-state index is 12.8. The summed E-state index contributed by atoms with van der Waals surface area (Å²) in [5, 5.41) is 2.64. The van der Waals surface area contributed by atoms with E-state index in [4.69, 9.17) is 10.5 Å². The van der Waals surface area contributed by atoms with E-state index in [9.17, 15) is 13.2 Å². The summed E-state index contributed by atoms with van der Waals surface area (Å²) >= 11 is 0. The quantitative estimate of drug-likeness (QED) is 0.706. The second kappa shape index (κ2) is 8.85. The highest BCUT2D eigenvalue weighted by molar-refractivity contribution is 7.89. The molecule has 0 radical (unpaired) electrons. The molecule has 0 saturated heterocycles. The van der Waals surface area contributed by atoms with Gasteiger partial charge in [-0.1, -0.05) is 13.8 Å². The van der Waals surface area contributed by atoms with Crippen molar-refractivity contribution >= 4 is 21.6 Å². The van der Waals surface area contributed by atoms with Gasteiger partial charge in [0.1, 0.15) is 10.6 Å². The molecule has 0 aliphatic heterocycles. The summed E-state index contributed by atoms with van der Waals surface area (Å²) in [4.78, 5) is 11.7. The van der Waals surface area contributed by atoms with E-state index in [0.29, 0.717) is 25.4 Å². The molecule has 3 N–H and O–H groups in total. The normalized spacial score (nSPS) is 11.5. The fourth-order valence-corrected chi connectivity index (χ4v) is 3.73. The predicted octanol–water partition coefficient (Wildman–Crippen LogP) is 1.40. The minimum Gasteiger partial charge on any atom is -0.492 e. The Morgan fingerprint density at radius 3 is 2.43 bits per heavy atom. The molecule has 0 atom stereocenters. The highest BCUT2D eigenvalue weighted by Gasteiger charge is 2.26. The standard InChI is InChI=1S/C15H25N3O4S/c1-4-18(5-2)23(20,21)14-11-12(17-15(19)9-10-16)7-8-13(14)22-6-3/h7-8,11H,4-6,9-10,16H2,1-3H3,(H,17,19). The number of nitrogens with zero attached hydrogens (tertiary/aromatic N) is 1. The van der Waals surface area contributed by atoms with Crippen LogP contribution in [-0.4, -0.2) is 44.9 Å². The number of hydrogen-bond acceptors (Lipinski definition) is 5. The molecule has 1 rings (SSSR count). The molecule has 130 valence electrons. The molecule has 1 amide bonds. The van der Waals surface area contributed by atoms with Crippen LogP contribution in [0.15, 0.2) is 23.1 Å². The number of benzene rings is 1. The van der Waals surface area contributed by atoms with Crippen molar-refractivity contribution in [2.24, 2.45) is 5.73 Å². The van der Waals surface area contributed by atoms with Crippen LogP contribution in [0.3, 0.4) is 0 Å². The summed E-state index contributed by atoms with van der Waals surface area (Å²) in [5.74, 6) is 0.0130. The fraction of sp³-hybridized carbons (Fsp3) is 0.533. The zero-order valence-corrected chi connectivity index (χ0v) is 14.6. The molecule has 0 spiro atoms. The summed E-state index contributed by atoms with van der Waals surface area (Å²) in [6, 6.07) is 4.59.